The lowest BCUT2D eigenvalue weighted by Crippen LogP contribution is -2.54. The highest BCUT2D eigenvalue weighted by Gasteiger charge is 2.30. The third-order valence-corrected chi connectivity index (χ3v) is 6.72. The Balaban J connectivity index is 0.000000291. The third-order valence-electron chi connectivity index (χ3n) is 6.72. The molecule has 42 heavy (non-hydrogen) atoms. The Bertz CT molecular complexity index is 1130. The average Bonchev–Trinajstić information content (AvgIpc) is 2.91. The molecule has 0 unspecified atom stereocenters. The lowest BCUT2D eigenvalue weighted by molar-refractivity contribution is 0.0197. The molecule has 2 aliphatic rings. The number of amides is 2. The van der Waals surface area contributed by atoms with E-state index in [1.807, 2.05) is 71.9 Å². The standard InChI is InChI=1S/C23H30N2O3.C10H20N2O2/c1-18-16-24(22(26)28-23(2,3)4)14-15-25(18)20-10-12-21(13-11-20)27-17-19-8-6-5-7-9-19;1-8-7-12(6-5-11-8)9(13)14-10(2,3)4/h5-13,18H,14-17H2,1-4H3;8,11H,5-7H2,1-4H3/t18-;8-/m11/s1. The van der Waals surface area contributed by atoms with Crippen LogP contribution in [-0.2, 0) is 16.1 Å². The molecule has 0 aliphatic carbocycles. The molecular formula is C33H50N4O5. The first-order valence-corrected chi connectivity index (χ1v) is 14.9. The highest BCUT2D eigenvalue weighted by molar-refractivity contribution is 5.69. The van der Waals surface area contributed by atoms with E-state index in [4.69, 9.17) is 14.2 Å². The van der Waals surface area contributed by atoms with Gasteiger partial charge in [0.15, 0.2) is 0 Å². The van der Waals surface area contributed by atoms with Gasteiger partial charge >= 0.3 is 12.2 Å². The van der Waals surface area contributed by atoms with E-state index in [2.05, 4.69) is 48.3 Å². The normalized spacial score (nSPS) is 19.4. The minimum atomic E-state index is -0.465. The lowest BCUT2D eigenvalue weighted by Gasteiger charge is -2.41. The third kappa shape index (κ3) is 11.1. The number of piperazine rings is 2. The number of hydrogen-bond donors (Lipinski definition) is 1. The molecule has 2 saturated heterocycles. The molecule has 2 aromatic rings. The molecule has 0 saturated carbocycles. The van der Waals surface area contributed by atoms with Crippen molar-refractivity contribution in [2.75, 3.05) is 44.2 Å². The van der Waals surface area contributed by atoms with Crippen molar-refractivity contribution in [3.8, 4) is 5.75 Å². The van der Waals surface area contributed by atoms with Crippen LogP contribution in [0.4, 0.5) is 15.3 Å². The zero-order chi connectivity index (χ0) is 30.9. The molecule has 2 amide bonds. The van der Waals surface area contributed by atoms with Crippen molar-refractivity contribution in [2.45, 2.75) is 85.3 Å². The Kier molecular flexibility index (Phi) is 11.5. The largest absolute Gasteiger partial charge is 0.489 e. The average molecular weight is 583 g/mol. The van der Waals surface area contributed by atoms with Crippen molar-refractivity contribution in [3.63, 3.8) is 0 Å². The van der Waals surface area contributed by atoms with E-state index in [1.165, 1.54) is 0 Å². The molecule has 2 heterocycles. The monoisotopic (exact) mass is 582 g/mol. The zero-order valence-electron chi connectivity index (χ0n) is 26.7. The second-order valence-corrected chi connectivity index (χ2v) is 13.0. The van der Waals surface area contributed by atoms with Gasteiger partial charge in [-0.05, 0) is 85.2 Å². The molecular weight excluding hydrogens is 532 g/mol. The molecule has 0 aromatic heterocycles. The highest BCUT2D eigenvalue weighted by Crippen LogP contribution is 2.25. The van der Waals surface area contributed by atoms with Crippen molar-refractivity contribution in [3.05, 3.63) is 60.2 Å². The van der Waals surface area contributed by atoms with E-state index < -0.39 is 11.2 Å². The second-order valence-electron chi connectivity index (χ2n) is 13.0. The summed E-state index contributed by atoms with van der Waals surface area (Å²) >= 11 is 0. The van der Waals surface area contributed by atoms with Crippen LogP contribution in [0.25, 0.3) is 0 Å². The predicted octanol–water partition coefficient (Wildman–Crippen LogP) is 5.93. The molecule has 2 fully saturated rings. The molecule has 1 N–H and O–H groups in total. The van der Waals surface area contributed by atoms with Gasteiger partial charge in [-0.2, -0.15) is 0 Å². The topological polar surface area (TPSA) is 83.6 Å². The fraction of sp³-hybridized carbons (Fsp3) is 0.576. The first-order chi connectivity index (χ1) is 19.7. The summed E-state index contributed by atoms with van der Waals surface area (Å²) in [6.07, 6.45) is -0.436. The van der Waals surface area contributed by atoms with Gasteiger partial charge in [-0.25, -0.2) is 9.59 Å². The van der Waals surface area contributed by atoms with Gasteiger partial charge in [0.1, 0.15) is 23.6 Å². The predicted molar refractivity (Wildman–Crippen MR) is 167 cm³/mol. The number of hydrogen-bond acceptors (Lipinski definition) is 7. The summed E-state index contributed by atoms with van der Waals surface area (Å²) in [5, 5.41) is 3.28. The Morgan fingerprint density at radius 3 is 1.88 bits per heavy atom. The number of nitrogens with one attached hydrogen (secondary N) is 1. The summed E-state index contributed by atoms with van der Waals surface area (Å²) < 4.78 is 16.7. The van der Waals surface area contributed by atoms with Crippen LogP contribution in [-0.4, -0.2) is 84.5 Å². The van der Waals surface area contributed by atoms with Gasteiger partial charge in [-0.15, -0.1) is 0 Å². The Morgan fingerprint density at radius 1 is 0.786 bits per heavy atom. The van der Waals surface area contributed by atoms with E-state index in [0.717, 1.165) is 43.2 Å². The molecule has 0 bridgehead atoms. The van der Waals surface area contributed by atoms with Crippen LogP contribution < -0.4 is 15.0 Å². The van der Waals surface area contributed by atoms with E-state index in [9.17, 15) is 9.59 Å². The molecule has 2 aliphatic heterocycles. The van der Waals surface area contributed by atoms with Crippen LogP contribution in [0, 0.1) is 0 Å². The van der Waals surface area contributed by atoms with Gasteiger partial charge in [-0.3, -0.25) is 0 Å². The van der Waals surface area contributed by atoms with Crippen molar-refractivity contribution >= 4 is 17.9 Å². The van der Waals surface area contributed by atoms with Crippen LogP contribution in [0.15, 0.2) is 54.6 Å². The van der Waals surface area contributed by atoms with Crippen LogP contribution >= 0.6 is 0 Å². The maximum Gasteiger partial charge on any atom is 0.410 e. The van der Waals surface area contributed by atoms with E-state index in [0.29, 0.717) is 25.7 Å². The first kappa shape index (κ1) is 33.0. The fourth-order valence-electron chi connectivity index (χ4n) is 4.73. The van der Waals surface area contributed by atoms with Crippen molar-refractivity contribution in [1.82, 2.24) is 15.1 Å². The second kappa shape index (κ2) is 14.6. The van der Waals surface area contributed by atoms with Crippen LogP contribution in [0.5, 0.6) is 5.75 Å². The SMILES string of the molecule is C[C@@H]1CN(C(=O)OC(C)(C)C)CCN1.C[C@@H]1CN(C(=O)OC(C)(C)C)CCN1c1ccc(OCc2ccccc2)cc1. The summed E-state index contributed by atoms with van der Waals surface area (Å²) in [5.74, 6) is 0.854. The number of benzene rings is 2. The molecule has 0 spiro atoms. The number of nitrogens with zero attached hydrogens (tertiary/aromatic N) is 3. The first-order valence-electron chi connectivity index (χ1n) is 14.9. The van der Waals surface area contributed by atoms with Gasteiger partial charge in [0.2, 0.25) is 0 Å². The summed E-state index contributed by atoms with van der Waals surface area (Å²) in [6.45, 7) is 20.5. The number of ether oxygens (including phenoxy) is 3. The summed E-state index contributed by atoms with van der Waals surface area (Å²) in [5.41, 5.74) is 1.43. The maximum atomic E-state index is 12.3. The lowest BCUT2D eigenvalue weighted by atomic mass is 10.1. The highest BCUT2D eigenvalue weighted by atomic mass is 16.6. The van der Waals surface area contributed by atoms with Crippen LogP contribution in [0.3, 0.4) is 0 Å². The summed E-state index contributed by atoms with van der Waals surface area (Å²) in [7, 11) is 0. The molecule has 232 valence electrons. The minimum absolute atomic E-state index is 0.203. The Hall–Kier alpha value is -3.46. The number of carbonyl (C=O) groups is 2. The van der Waals surface area contributed by atoms with Crippen molar-refractivity contribution in [1.29, 1.82) is 0 Å². The summed E-state index contributed by atoms with van der Waals surface area (Å²) in [4.78, 5) is 29.8. The quantitative estimate of drug-likeness (QED) is 0.479. The minimum Gasteiger partial charge on any atom is -0.489 e. The van der Waals surface area contributed by atoms with Crippen molar-refractivity contribution < 1.29 is 23.8 Å². The number of carbonyl (C=O) groups excluding carboxylic acids is 2. The molecule has 2 atom stereocenters. The van der Waals surface area contributed by atoms with Gasteiger partial charge in [-0.1, -0.05) is 30.3 Å². The zero-order valence-corrected chi connectivity index (χ0v) is 26.7. The van der Waals surface area contributed by atoms with Gasteiger partial charge in [0.05, 0.1) is 0 Å². The molecule has 0 radical (unpaired) electrons. The smallest absolute Gasteiger partial charge is 0.410 e. The summed E-state index contributed by atoms with van der Waals surface area (Å²) in [6, 6.07) is 18.9. The van der Waals surface area contributed by atoms with Crippen molar-refractivity contribution in [2.24, 2.45) is 0 Å². The number of rotatable bonds is 4. The van der Waals surface area contributed by atoms with Crippen LogP contribution in [0.2, 0.25) is 0 Å². The molecule has 9 heteroatoms. The molecule has 9 nitrogen and oxygen atoms in total. The fourth-order valence-corrected chi connectivity index (χ4v) is 4.73. The molecule has 2 aromatic carbocycles. The molecule has 4 rings (SSSR count). The number of anilines is 1. The van der Waals surface area contributed by atoms with Gasteiger partial charge in [0, 0.05) is 57.0 Å². The maximum absolute atomic E-state index is 12.3. The van der Waals surface area contributed by atoms with Gasteiger partial charge < -0.3 is 34.2 Å². The van der Waals surface area contributed by atoms with E-state index in [-0.39, 0.29) is 18.2 Å². The van der Waals surface area contributed by atoms with E-state index >= 15 is 0 Å². The Morgan fingerprint density at radius 2 is 1.36 bits per heavy atom. The van der Waals surface area contributed by atoms with Gasteiger partial charge in [0.25, 0.3) is 0 Å². The van der Waals surface area contributed by atoms with E-state index in [1.54, 1.807) is 9.80 Å². The Labute approximate surface area is 252 Å². The van der Waals surface area contributed by atoms with Crippen LogP contribution in [0.1, 0.15) is 61.0 Å².